The van der Waals surface area contributed by atoms with E-state index in [0.29, 0.717) is 16.7 Å². The molecule has 1 heterocycles. The monoisotopic (exact) mass is 402 g/mol. The summed E-state index contributed by atoms with van der Waals surface area (Å²) >= 11 is 5.90. The molecule has 0 N–H and O–H groups in total. The Morgan fingerprint density at radius 1 is 1.18 bits per heavy atom. The van der Waals surface area contributed by atoms with Crippen molar-refractivity contribution in [1.29, 1.82) is 0 Å². The molecule has 2 aromatic carbocycles. The molecule has 0 unspecified atom stereocenters. The Morgan fingerprint density at radius 3 is 2.61 bits per heavy atom. The van der Waals surface area contributed by atoms with Gasteiger partial charge in [0.15, 0.2) is 12.7 Å². The van der Waals surface area contributed by atoms with E-state index < -0.39 is 12.1 Å². The Labute approximate surface area is 167 Å². The molecule has 0 amide bonds. The van der Waals surface area contributed by atoms with E-state index in [4.69, 9.17) is 30.2 Å². The quantitative estimate of drug-likeness (QED) is 0.542. The smallest absolute Gasteiger partial charge is 0.344 e. The van der Waals surface area contributed by atoms with Gasteiger partial charge in [-0.25, -0.2) is 4.79 Å². The van der Waals surface area contributed by atoms with Crippen LogP contribution in [-0.4, -0.2) is 29.9 Å². The fraction of sp³-hybridized carbons (Fsp3) is 0.250. The number of benzene rings is 2. The minimum atomic E-state index is -0.707. The van der Waals surface area contributed by atoms with Gasteiger partial charge in [0.1, 0.15) is 11.5 Å². The molecule has 1 aromatic heterocycles. The van der Waals surface area contributed by atoms with Crippen molar-refractivity contribution in [3.05, 3.63) is 58.9 Å². The highest BCUT2D eigenvalue weighted by Gasteiger charge is 2.19. The predicted molar refractivity (Wildman–Crippen MR) is 102 cm³/mol. The second-order valence-corrected chi connectivity index (χ2v) is 6.44. The topological polar surface area (TPSA) is 83.7 Å². The molecule has 28 heavy (non-hydrogen) atoms. The normalized spacial score (nSPS) is 11.7. The molecule has 7 nitrogen and oxygen atoms in total. The van der Waals surface area contributed by atoms with Crippen LogP contribution in [0.1, 0.15) is 24.5 Å². The van der Waals surface area contributed by atoms with E-state index >= 15 is 0 Å². The van der Waals surface area contributed by atoms with E-state index in [-0.39, 0.29) is 12.5 Å². The maximum absolute atomic E-state index is 12.0. The largest absolute Gasteiger partial charge is 0.497 e. The summed E-state index contributed by atoms with van der Waals surface area (Å²) in [5.41, 5.74) is 1.56. The van der Waals surface area contributed by atoms with Crippen LogP contribution >= 0.6 is 11.6 Å². The van der Waals surface area contributed by atoms with E-state index in [2.05, 4.69) is 10.2 Å². The number of methoxy groups -OCH3 is 1. The Hall–Kier alpha value is -3.06. The third kappa shape index (κ3) is 4.80. The first-order valence-corrected chi connectivity index (χ1v) is 8.90. The van der Waals surface area contributed by atoms with Crippen LogP contribution in [-0.2, 0) is 9.53 Å². The van der Waals surface area contributed by atoms with Crippen molar-refractivity contribution in [2.24, 2.45) is 0 Å². The predicted octanol–water partition coefficient (Wildman–Crippen LogP) is 4.39. The minimum Gasteiger partial charge on any atom is -0.497 e. The zero-order chi connectivity index (χ0) is 20.1. The van der Waals surface area contributed by atoms with E-state index in [0.717, 1.165) is 16.9 Å². The minimum absolute atomic E-state index is 0.196. The van der Waals surface area contributed by atoms with Gasteiger partial charge in [0.05, 0.1) is 7.11 Å². The van der Waals surface area contributed by atoms with Crippen LogP contribution in [0.25, 0.3) is 11.5 Å². The molecule has 0 saturated heterocycles. The number of hydrogen-bond acceptors (Lipinski definition) is 7. The van der Waals surface area contributed by atoms with E-state index in [1.54, 1.807) is 56.5 Å². The fourth-order valence-electron chi connectivity index (χ4n) is 2.44. The highest BCUT2D eigenvalue weighted by atomic mass is 35.5. The zero-order valence-corrected chi connectivity index (χ0v) is 16.4. The lowest BCUT2D eigenvalue weighted by Gasteiger charge is -2.11. The SMILES string of the molecule is COc1ccc(-c2nnc([C@@H](C)OC(=O)COc3ccc(Cl)cc3C)o2)cc1. The highest BCUT2D eigenvalue weighted by molar-refractivity contribution is 6.30. The fourth-order valence-corrected chi connectivity index (χ4v) is 2.67. The lowest BCUT2D eigenvalue weighted by molar-refractivity contribution is -0.152. The second-order valence-electron chi connectivity index (χ2n) is 6.00. The van der Waals surface area contributed by atoms with Crippen LogP contribution in [0.5, 0.6) is 11.5 Å². The lowest BCUT2D eigenvalue weighted by atomic mass is 10.2. The van der Waals surface area contributed by atoms with Gasteiger partial charge in [-0.3, -0.25) is 0 Å². The van der Waals surface area contributed by atoms with Crippen LogP contribution in [0.15, 0.2) is 46.9 Å². The Kier molecular flexibility index (Phi) is 6.16. The summed E-state index contributed by atoms with van der Waals surface area (Å²) in [4.78, 5) is 12.0. The summed E-state index contributed by atoms with van der Waals surface area (Å²) in [5.74, 6) is 1.26. The Balaban J connectivity index is 1.57. The third-order valence-corrected chi connectivity index (χ3v) is 4.15. The maximum atomic E-state index is 12.0. The van der Waals surface area contributed by atoms with Gasteiger partial charge < -0.3 is 18.6 Å². The molecule has 1 atom stereocenters. The number of carbonyl (C=O) groups excluding carboxylic acids is 1. The standard InChI is InChI=1S/C20H19ClN2O5/c1-12-10-15(21)6-9-17(12)26-11-18(24)27-13(2)19-22-23-20(28-19)14-4-7-16(25-3)8-5-14/h4-10,13H,11H2,1-3H3/t13-/m1/s1. The first-order valence-electron chi connectivity index (χ1n) is 8.52. The molecule has 0 radical (unpaired) electrons. The summed E-state index contributed by atoms with van der Waals surface area (Å²) < 4.78 is 21.5. The second kappa shape index (κ2) is 8.75. The van der Waals surface area contributed by atoms with Gasteiger partial charge >= 0.3 is 5.97 Å². The number of ether oxygens (including phenoxy) is 3. The van der Waals surface area contributed by atoms with E-state index in [1.807, 2.05) is 6.92 Å². The average molecular weight is 403 g/mol. The molecular weight excluding hydrogens is 384 g/mol. The first kappa shape index (κ1) is 19.7. The molecule has 146 valence electrons. The van der Waals surface area contributed by atoms with Crippen molar-refractivity contribution in [2.75, 3.05) is 13.7 Å². The third-order valence-electron chi connectivity index (χ3n) is 3.92. The van der Waals surface area contributed by atoms with Crippen molar-refractivity contribution < 1.29 is 23.4 Å². The van der Waals surface area contributed by atoms with Gasteiger partial charge in [-0.05, 0) is 61.9 Å². The van der Waals surface area contributed by atoms with Crippen molar-refractivity contribution in [1.82, 2.24) is 10.2 Å². The number of rotatable bonds is 7. The number of hydrogen-bond donors (Lipinski definition) is 0. The average Bonchev–Trinajstić information content (AvgIpc) is 3.18. The van der Waals surface area contributed by atoms with Gasteiger partial charge in [0, 0.05) is 10.6 Å². The molecule has 0 saturated carbocycles. The number of nitrogens with zero attached hydrogens (tertiary/aromatic N) is 2. The summed E-state index contributed by atoms with van der Waals surface area (Å²) in [5, 5.41) is 8.54. The summed E-state index contributed by atoms with van der Waals surface area (Å²) in [7, 11) is 1.59. The van der Waals surface area contributed by atoms with Crippen molar-refractivity contribution in [3.8, 4) is 23.0 Å². The summed E-state index contributed by atoms with van der Waals surface area (Å²) in [6.45, 7) is 3.25. The van der Waals surface area contributed by atoms with Gasteiger partial charge in [-0.1, -0.05) is 11.6 Å². The molecule has 3 rings (SSSR count). The lowest BCUT2D eigenvalue weighted by Crippen LogP contribution is -2.17. The van der Waals surface area contributed by atoms with Gasteiger partial charge in [0.2, 0.25) is 5.89 Å². The molecule has 0 fully saturated rings. The highest BCUT2D eigenvalue weighted by Crippen LogP contribution is 2.25. The summed E-state index contributed by atoms with van der Waals surface area (Å²) in [6.07, 6.45) is -0.707. The number of halogens is 1. The maximum Gasteiger partial charge on any atom is 0.344 e. The molecule has 8 heteroatoms. The first-order chi connectivity index (χ1) is 13.5. The Bertz CT molecular complexity index is 955. The van der Waals surface area contributed by atoms with Crippen molar-refractivity contribution in [3.63, 3.8) is 0 Å². The molecule has 0 aliphatic rings. The molecule has 0 bridgehead atoms. The summed E-state index contributed by atoms with van der Waals surface area (Å²) in [6, 6.07) is 12.3. The number of carbonyl (C=O) groups is 1. The number of aryl methyl sites for hydroxylation is 1. The van der Waals surface area contributed by atoms with Crippen LogP contribution < -0.4 is 9.47 Å². The van der Waals surface area contributed by atoms with Crippen molar-refractivity contribution >= 4 is 17.6 Å². The molecule has 0 aliphatic carbocycles. The van der Waals surface area contributed by atoms with Gasteiger partial charge in [-0.2, -0.15) is 0 Å². The molecule has 3 aromatic rings. The van der Waals surface area contributed by atoms with Gasteiger partial charge in [-0.15, -0.1) is 10.2 Å². The van der Waals surface area contributed by atoms with Crippen LogP contribution in [0.4, 0.5) is 0 Å². The van der Waals surface area contributed by atoms with Crippen LogP contribution in [0.2, 0.25) is 5.02 Å². The van der Waals surface area contributed by atoms with Crippen LogP contribution in [0.3, 0.4) is 0 Å². The molecule has 0 aliphatic heterocycles. The number of esters is 1. The molecular formula is C20H19ClN2O5. The Morgan fingerprint density at radius 2 is 1.93 bits per heavy atom. The van der Waals surface area contributed by atoms with Crippen molar-refractivity contribution in [2.45, 2.75) is 20.0 Å². The molecule has 0 spiro atoms. The van der Waals surface area contributed by atoms with Gasteiger partial charge in [0.25, 0.3) is 5.89 Å². The van der Waals surface area contributed by atoms with E-state index in [1.165, 1.54) is 0 Å². The van der Waals surface area contributed by atoms with E-state index in [9.17, 15) is 4.79 Å². The number of aromatic nitrogens is 2. The van der Waals surface area contributed by atoms with Crippen LogP contribution in [0, 0.1) is 6.92 Å². The zero-order valence-electron chi connectivity index (χ0n) is 15.6.